The van der Waals surface area contributed by atoms with E-state index in [2.05, 4.69) is 9.28 Å². The Morgan fingerprint density at radius 3 is 2.59 bits per heavy atom. The summed E-state index contributed by atoms with van der Waals surface area (Å²) in [5.74, 6) is -0.0707. The van der Waals surface area contributed by atoms with Gasteiger partial charge in [0, 0.05) is 18.8 Å². The van der Waals surface area contributed by atoms with Crippen LogP contribution < -0.4 is 4.18 Å². The minimum atomic E-state index is -5.03. The molecular weight excluding hydrogens is 247 g/mol. The predicted octanol–water partition coefficient (Wildman–Crippen LogP) is 1.68. The molecule has 7 heteroatoms. The molecule has 17 heavy (non-hydrogen) atoms. The third-order valence-corrected chi connectivity index (χ3v) is 2.55. The molecule has 0 fully saturated rings. The Kier molecular flexibility index (Phi) is 2.84. The smallest absolute Gasteiger partial charge is 0.358 e. The number of para-hydroxylation sites is 1. The minimum Gasteiger partial charge on any atom is -0.358 e. The van der Waals surface area contributed by atoms with Crippen LogP contribution in [-0.4, -0.2) is 18.2 Å². The molecule has 5 nitrogen and oxygen atoms in total. The van der Waals surface area contributed by atoms with Gasteiger partial charge in [-0.1, -0.05) is 16.0 Å². The molecule has 1 heterocycles. The van der Waals surface area contributed by atoms with Gasteiger partial charge in [0.2, 0.25) is 0 Å². The number of benzene rings is 1. The minimum absolute atomic E-state index is 0.0707. The molecule has 1 aromatic heterocycles. The summed E-state index contributed by atoms with van der Waals surface area (Å²) in [4.78, 5) is 0. The molecule has 0 atom stereocenters. The summed E-state index contributed by atoms with van der Waals surface area (Å²) in [6.07, 6.45) is 1.55. The van der Waals surface area contributed by atoms with E-state index in [0.29, 0.717) is 11.3 Å². The molecule has 90 valence electrons. The fraction of sp³-hybridized carbons (Fsp3) is 0.100. The number of aromatic nitrogens is 2. The van der Waals surface area contributed by atoms with E-state index in [4.69, 9.17) is 0 Å². The van der Waals surface area contributed by atoms with Crippen LogP contribution in [0.4, 0.5) is 3.89 Å². The van der Waals surface area contributed by atoms with E-state index in [0.717, 1.165) is 0 Å². The maximum Gasteiger partial charge on any atom is 0.488 e. The third kappa shape index (κ3) is 2.62. The second-order valence-corrected chi connectivity index (χ2v) is 4.27. The van der Waals surface area contributed by atoms with Gasteiger partial charge >= 0.3 is 10.5 Å². The Hall–Kier alpha value is -1.89. The summed E-state index contributed by atoms with van der Waals surface area (Å²) in [6.45, 7) is 0. The van der Waals surface area contributed by atoms with Gasteiger partial charge in [0.05, 0.1) is 5.69 Å². The van der Waals surface area contributed by atoms with Gasteiger partial charge in [-0.2, -0.15) is 13.5 Å². The fourth-order valence-corrected chi connectivity index (χ4v) is 1.86. The largest absolute Gasteiger partial charge is 0.488 e. The summed E-state index contributed by atoms with van der Waals surface area (Å²) in [5.41, 5.74) is 1.08. The van der Waals surface area contributed by atoms with Crippen LogP contribution in [0.1, 0.15) is 0 Å². The first-order valence-electron chi connectivity index (χ1n) is 4.69. The first-order valence-corrected chi connectivity index (χ1v) is 6.00. The van der Waals surface area contributed by atoms with Crippen molar-refractivity contribution in [3.63, 3.8) is 0 Å². The second kappa shape index (κ2) is 4.17. The Bertz CT molecular complexity index is 637. The van der Waals surface area contributed by atoms with E-state index < -0.39 is 10.5 Å². The Morgan fingerprint density at radius 1 is 1.29 bits per heavy atom. The quantitative estimate of drug-likeness (QED) is 0.784. The van der Waals surface area contributed by atoms with Crippen molar-refractivity contribution in [2.75, 3.05) is 0 Å². The third-order valence-electron chi connectivity index (χ3n) is 2.17. The first kappa shape index (κ1) is 11.6. The maximum atomic E-state index is 12.5. The van der Waals surface area contributed by atoms with Gasteiger partial charge in [0.1, 0.15) is 0 Å². The molecule has 0 aliphatic heterocycles. The topological polar surface area (TPSA) is 61.2 Å². The zero-order valence-corrected chi connectivity index (χ0v) is 9.69. The van der Waals surface area contributed by atoms with E-state index in [1.54, 1.807) is 37.5 Å². The van der Waals surface area contributed by atoms with Crippen molar-refractivity contribution in [1.29, 1.82) is 0 Å². The lowest BCUT2D eigenvalue weighted by atomic mass is 10.1. The molecule has 0 aliphatic carbocycles. The number of nitrogens with zero attached hydrogens (tertiary/aromatic N) is 2. The number of halogens is 1. The summed E-state index contributed by atoms with van der Waals surface area (Å²) in [5, 5.41) is 3.95. The molecule has 0 unspecified atom stereocenters. The SMILES string of the molecule is Cn1nccc1-c1ccccc1OS(=O)(=O)F. The fourth-order valence-electron chi connectivity index (χ4n) is 1.50. The lowest BCUT2D eigenvalue weighted by Crippen LogP contribution is -2.03. The molecule has 0 N–H and O–H groups in total. The first-order chi connectivity index (χ1) is 7.97. The van der Waals surface area contributed by atoms with Crippen LogP contribution >= 0.6 is 0 Å². The molecule has 0 spiro atoms. The van der Waals surface area contributed by atoms with E-state index in [9.17, 15) is 12.3 Å². The highest BCUT2D eigenvalue weighted by atomic mass is 32.3. The number of hydrogen-bond acceptors (Lipinski definition) is 4. The van der Waals surface area contributed by atoms with Crippen LogP contribution in [0, 0.1) is 0 Å². The van der Waals surface area contributed by atoms with Crippen molar-refractivity contribution in [2.45, 2.75) is 0 Å². The van der Waals surface area contributed by atoms with Crippen LogP contribution in [-0.2, 0) is 17.6 Å². The molecule has 2 aromatic rings. The van der Waals surface area contributed by atoms with Crippen LogP contribution in [0.15, 0.2) is 36.5 Å². The van der Waals surface area contributed by atoms with Crippen LogP contribution in [0.3, 0.4) is 0 Å². The molecule has 0 saturated heterocycles. The molecule has 0 bridgehead atoms. The zero-order valence-electron chi connectivity index (χ0n) is 8.87. The molecule has 0 amide bonds. The molecule has 0 saturated carbocycles. The maximum absolute atomic E-state index is 12.5. The van der Waals surface area contributed by atoms with Gasteiger partial charge in [0.25, 0.3) is 0 Å². The number of aryl methyl sites for hydroxylation is 1. The highest BCUT2D eigenvalue weighted by Crippen LogP contribution is 2.30. The zero-order chi connectivity index (χ0) is 12.5. The number of hydrogen-bond donors (Lipinski definition) is 0. The van der Waals surface area contributed by atoms with Gasteiger partial charge in [-0.05, 0) is 18.2 Å². The highest BCUT2D eigenvalue weighted by Gasteiger charge is 2.15. The average molecular weight is 256 g/mol. The van der Waals surface area contributed by atoms with Crippen molar-refractivity contribution >= 4 is 10.5 Å². The Labute approximate surface area is 97.9 Å². The van der Waals surface area contributed by atoms with Gasteiger partial charge in [-0.25, -0.2) is 0 Å². The highest BCUT2D eigenvalue weighted by molar-refractivity contribution is 7.81. The average Bonchev–Trinajstić information content (AvgIpc) is 2.63. The van der Waals surface area contributed by atoms with Gasteiger partial charge in [-0.3, -0.25) is 4.68 Å². The van der Waals surface area contributed by atoms with Crippen LogP contribution in [0.5, 0.6) is 5.75 Å². The summed E-state index contributed by atoms with van der Waals surface area (Å²) < 4.78 is 39.3. The second-order valence-electron chi connectivity index (χ2n) is 3.31. The van der Waals surface area contributed by atoms with E-state index in [1.807, 2.05) is 0 Å². The van der Waals surface area contributed by atoms with Gasteiger partial charge in [-0.15, -0.1) is 0 Å². The van der Waals surface area contributed by atoms with Gasteiger partial charge < -0.3 is 4.18 Å². The van der Waals surface area contributed by atoms with Crippen molar-refractivity contribution in [3.8, 4) is 17.0 Å². The summed E-state index contributed by atoms with van der Waals surface area (Å²) in [6, 6.07) is 7.92. The Balaban J connectivity index is 2.52. The summed E-state index contributed by atoms with van der Waals surface area (Å²) in [7, 11) is -3.34. The lowest BCUT2D eigenvalue weighted by Gasteiger charge is -2.07. The van der Waals surface area contributed by atoms with E-state index in [1.165, 1.54) is 10.7 Å². The molecule has 2 rings (SSSR count). The number of rotatable bonds is 3. The van der Waals surface area contributed by atoms with Crippen LogP contribution in [0.25, 0.3) is 11.3 Å². The van der Waals surface area contributed by atoms with Crippen molar-refractivity contribution in [3.05, 3.63) is 36.5 Å². The van der Waals surface area contributed by atoms with E-state index in [-0.39, 0.29) is 5.75 Å². The van der Waals surface area contributed by atoms with Gasteiger partial charge in [0.15, 0.2) is 5.75 Å². The predicted molar refractivity (Wildman–Crippen MR) is 59.3 cm³/mol. The standard InChI is InChI=1S/C10H9FN2O3S/c1-13-9(6-7-12-13)8-4-2-3-5-10(8)16-17(11,14)15/h2-7H,1H3. The molecule has 0 radical (unpaired) electrons. The van der Waals surface area contributed by atoms with Crippen molar-refractivity contribution in [1.82, 2.24) is 9.78 Å². The lowest BCUT2D eigenvalue weighted by molar-refractivity contribution is 0.440. The molecule has 1 aromatic carbocycles. The Morgan fingerprint density at radius 2 is 2.00 bits per heavy atom. The van der Waals surface area contributed by atoms with E-state index >= 15 is 0 Å². The summed E-state index contributed by atoms with van der Waals surface area (Å²) >= 11 is 0. The van der Waals surface area contributed by atoms with Crippen molar-refractivity contribution in [2.24, 2.45) is 7.05 Å². The normalized spacial score (nSPS) is 11.4. The van der Waals surface area contributed by atoms with Crippen LogP contribution in [0.2, 0.25) is 0 Å². The molecular formula is C10H9FN2O3S. The monoisotopic (exact) mass is 256 g/mol. The molecule has 0 aliphatic rings. The van der Waals surface area contributed by atoms with Crippen molar-refractivity contribution < 1.29 is 16.5 Å².